The van der Waals surface area contributed by atoms with Crippen molar-refractivity contribution in [3.63, 3.8) is 0 Å². The normalized spacial score (nSPS) is 18.5. The highest BCUT2D eigenvalue weighted by Gasteiger charge is 2.23. The number of pyridine rings is 1. The smallest absolute Gasteiger partial charge is 0.0963 e. The Morgan fingerprint density at radius 1 is 1.32 bits per heavy atom. The first-order valence-electron chi connectivity index (χ1n) is 7.39. The molecule has 3 rings (SSSR count). The Bertz CT molecular complexity index is 591. The van der Waals surface area contributed by atoms with Gasteiger partial charge in [-0.2, -0.15) is 0 Å². The molecule has 100 valence electrons. The van der Waals surface area contributed by atoms with Gasteiger partial charge < -0.3 is 5.11 Å². The number of aliphatic hydroxyl groups is 1. The van der Waals surface area contributed by atoms with Gasteiger partial charge in [-0.05, 0) is 49.3 Å². The lowest BCUT2D eigenvalue weighted by Gasteiger charge is -2.24. The van der Waals surface area contributed by atoms with Crippen LogP contribution in [0.15, 0.2) is 24.3 Å². The molecule has 0 bridgehead atoms. The lowest BCUT2D eigenvalue weighted by atomic mass is 9.86. The topological polar surface area (TPSA) is 33.1 Å². The molecule has 1 aliphatic carbocycles. The van der Waals surface area contributed by atoms with E-state index < -0.39 is 0 Å². The number of nitrogens with zero attached hydrogens (tertiary/aromatic N) is 1. The summed E-state index contributed by atoms with van der Waals surface area (Å²) < 4.78 is 0. The summed E-state index contributed by atoms with van der Waals surface area (Å²) in [4.78, 5) is 4.72. The third-order valence-electron chi connectivity index (χ3n) is 4.14. The van der Waals surface area contributed by atoms with Gasteiger partial charge in [-0.25, -0.2) is 4.98 Å². The second-order valence-corrected chi connectivity index (χ2v) is 5.48. The minimum atomic E-state index is -0.367. The zero-order chi connectivity index (χ0) is 13.2. The molecular formula is C17H21NO. The highest BCUT2D eigenvalue weighted by molar-refractivity contribution is 5.84. The summed E-state index contributed by atoms with van der Waals surface area (Å²) in [6.07, 6.45) is 6.15. The number of rotatable bonds is 3. The quantitative estimate of drug-likeness (QED) is 0.901. The van der Waals surface area contributed by atoms with E-state index in [1.165, 1.54) is 29.4 Å². The first kappa shape index (κ1) is 12.6. The second kappa shape index (κ2) is 5.30. The zero-order valence-electron chi connectivity index (χ0n) is 11.5. The van der Waals surface area contributed by atoms with Crippen LogP contribution < -0.4 is 0 Å². The largest absolute Gasteiger partial charge is 0.387 e. The number of aromatic nitrogens is 1. The van der Waals surface area contributed by atoms with Crippen LogP contribution in [0.1, 0.15) is 55.5 Å². The van der Waals surface area contributed by atoms with Crippen molar-refractivity contribution in [3.8, 4) is 0 Å². The Kier molecular flexibility index (Phi) is 3.52. The molecule has 1 heterocycles. The maximum atomic E-state index is 10.2. The van der Waals surface area contributed by atoms with Crippen LogP contribution in [-0.2, 0) is 12.8 Å². The number of benzene rings is 1. The summed E-state index contributed by atoms with van der Waals surface area (Å²) in [7, 11) is 0. The lowest BCUT2D eigenvalue weighted by Crippen LogP contribution is -2.14. The van der Waals surface area contributed by atoms with Crippen molar-refractivity contribution < 1.29 is 5.11 Å². The molecule has 0 saturated heterocycles. The number of fused-ring (bicyclic) bond motifs is 2. The number of aryl methyl sites for hydroxylation is 1. The van der Waals surface area contributed by atoms with Crippen molar-refractivity contribution in [1.29, 1.82) is 0 Å². The molecule has 1 unspecified atom stereocenters. The van der Waals surface area contributed by atoms with Gasteiger partial charge in [-0.3, -0.25) is 0 Å². The van der Waals surface area contributed by atoms with Crippen molar-refractivity contribution in [2.24, 2.45) is 0 Å². The summed E-state index contributed by atoms with van der Waals surface area (Å²) in [6.45, 7) is 2.23. The highest BCUT2D eigenvalue weighted by Crippen LogP contribution is 2.34. The van der Waals surface area contributed by atoms with Crippen molar-refractivity contribution in [1.82, 2.24) is 4.98 Å². The Morgan fingerprint density at radius 2 is 2.16 bits per heavy atom. The van der Waals surface area contributed by atoms with Crippen LogP contribution in [0.2, 0.25) is 0 Å². The van der Waals surface area contributed by atoms with Gasteiger partial charge in [0.05, 0.1) is 17.3 Å². The average Bonchev–Trinajstić information content (AvgIpc) is 2.44. The Hall–Kier alpha value is -1.41. The van der Waals surface area contributed by atoms with Gasteiger partial charge in [0.2, 0.25) is 0 Å². The van der Waals surface area contributed by atoms with Crippen molar-refractivity contribution >= 4 is 10.9 Å². The van der Waals surface area contributed by atoms with Crippen LogP contribution in [0.4, 0.5) is 0 Å². The third kappa shape index (κ3) is 2.25. The van der Waals surface area contributed by atoms with E-state index >= 15 is 0 Å². The van der Waals surface area contributed by atoms with E-state index in [1.807, 2.05) is 6.07 Å². The first-order chi connectivity index (χ1) is 9.31. The van der Waals surface area contributed by atoms with Crippen LogP contribution in [0.3, 0.4) is 0 Å². The number of hydrogen-bond acceptors (Lipinski definition) is 2. The molecule has 2 aromatic rings. The van der Waals surface area contributed by atoms with E-state index in [4.69, 9.17) is 4.98 Å². The van der Waals surface area contributed by atoms with Gasteiger partial charge in [-0.15, -0.1) is 0 Å². The van der Waals surface area contributed by atoms with Gasteiger partial charge >= 0.3 is 0 Å². The molecule has 0 radical (unpaired) electrons. The standard InChI is InChI=1S/C17H21NO/c1-2-3-7-12-13-8-4-5-10-15(13)18-17-14(12)9-6-11-16(17)19/h4-5,8,10,16,19H,2-3,6-7,9,11H2,1H3. The predicted octanol–water partition coefficient (Wildman–Crippen LogP) is 3.95. The maximum absolute atomic E-state index is 10.2. The number of para-hydroxylation sites is 1. The number of unbranched alkanes of at least 4 members (excludes halogenated alkanes) is 1. The molecule has 1 N–H and O–H groups in total. The molecule has 0 spiro atoms. The molecule has 0 fully saturated rings. The van der Waals surface area contributed by atoms with E-state index in [1.54, 1.807) is 0 Å². The minimum Gasteiger partial charge on any atom is -0.387 e. The van der Waals surface area contributed by atoms with Gasteiger partial charge in [-0.1, -0.05) is 31.5 Å². The van der Waals surface area contributed by atoms with Crippen LogP contribution in [0.5, 0.6) is 0 Å². The van der Waals surface area contributed by atoms with Crippen molar-refractivity contribution in [3.05, 3.63) is 41.1 Å². The second-order valence-electron chi connectivity index (χ2n) is 5.48. The molecule has 1 aliphatic rings. The summed E-state index contributed by atoms with van der Waals surface area (Å²) >= 11 is 0. The first-order valence-corrected chi connectivity index (χ1v) is 7.39. The fraction of sp³-hybridized carbons (Fsp3) is 0.471. The number of hydrogen-bond donors (Lipinski definition) is 1. The average molecular weight is 255 g/mol. The predicted molar refractivity (Wildman–Crippen MR) is 78.3 cm³/mol. The Morgan fingerprint density at radius 3 is 3.00 bits per heavy atom. The molecule has 0 aliphatic heterocycles. The van der Waals surface area contributed by atoms with Crippen LogP contribution >= 0.6 is 0 Å². The van der Waals surface area contributed by atoms with Crippen molar-refractivity contribution in [2.75, 3.05) is 0 Å². The van der Waals surface area contributed by atoms with Crippen LogP contribution in [-0.4, -0.2) is 10.1 Å². The minimum absolute atomic E-state index is 0.367. The molecular weight excluding hydrogens is 234 g/mol. The molecule has 2 heteroatoms. The third-order valence-corrected chi connectivity index (χ3v) is 4.14. The lowest BCUT2D eigenvalue weighted by molar-refractivity contribution is 0.151. The fourth-order valence-electron chi connectivity index (χ4n) is 3.14. The molecule has 2 nitrogen and oxygen atoms in total. The SMILES string of the molecule is CCCCc1c2c(nc3ccccc13)C(O)CCC2. The summed E-state index contributed by atoms with van der Waals surface area (Å²) in [5.41, 5.74) is 4.73. The monoisotopic (exact) mass is 255 g/mol. The van der Waals surface area contributed by atoms with Gasteiger partial charge in [0, 0.05) is 5.39 Å². The van der Waals surface area contributed by atoms with Gasteiger partial charge in [0.15, 0.2) is 0 Å². The number of aliphatic hydroxyl groups excluding tert-OH is 1. The summed E-state index contributed by atoms with van der Waals surface area (Å²) in [5.74, 6) is 0. The molecule has 1 atom stereocenters. The summed E-state index contributed by atoms with van der Waals surface area (Å²) in [6, 6.07) is 8.35. The molecule has 19 heavy (non-hydrogen) atoms. The van der Waals surface area contributed by atoms with E-state index in [0.717, 1.165) is 36.9 Å². The molecule has 0 amide bonds. The molecule has 0 saturated carbocycles. The van der Waals surface area contributed by atoms with Crippen molar-refractivity contribution in [2.45, 2.75) is 51.6 Å². The van der Waals surface area contributed by atoms with Gasteiger partial charge in [0.25, 0.3) is 0 Å². The molecule has 1 aromatic heterocycles. The zero-order valence-corrected chi connectivity index (χ0v) is 11.5. The van der Waals surface area contributed by atoms with Crippen LogP contribution in [0, 0.1) is 0 Å². The fourth-order valence-corrected chi connectivity index (χ4v) is 3.14. The van der Waals surface area contributed by atoms with Crippen LogP contribution in [0.25, 0.3) is 10.9 Å². The Labute approximate surface area is 114 Å². The highest BCUT2D eigenvalue weighted by atomic mass is 16.3. The van der Waals surface area contributed by atoms with Gasteiger partial charge in [0.1, 0.15) is 0 Å². The van der Waals surface area contributed by atoms with E-state index in [9.17, 15) is 5.11 Å². The summed E-state index contributed by atoms with van der Waals surface area (Å²) in [5, 5.41) is 11.5. The maximum Gasteiger partial charge on any atom is 0.0963 e. The van der Waals surface area contributed by atoms with E-state index in [-0.39, 0.29) is 6.10 Å². The molecule has 1 aromatic carbocycles. The van der Waals surface area contributed by atoms with E-state index in [2.05, 4.69) is 25.1 Å². The Balaban J connectivity index is 2.21. The van der Waals surface area contributed by atoms with E-state index in [0.29, 0.717) is 0 Å².